The molecule has 33 heavy (non-hydrogen) atoms. The zero-order valence-corrected chi connectivity index (χ0v) is 20.2. The maximum atomic E-state index is 12.0. The predicted molar refractivity (Wildman–Crippen MR) is 133 cm³/mol. The van der Waals surface area contributed by atoms with E-state index in [9.17, 15) is 9.90 Å². The van der Waals surface area contributed by atoms with Crippen LogP contribution in [0.3, 0.4) is 0 Å². The highest BCUT2D eigenvalue weighted by Gasteiger charge is 2.33. The first kappa shape index (κ1) is 23.6. The summed E-state index contributed by atoms with van der Waals surface area (Å²) >= 11 is 8.12. The number of pyridine rings is 1. The molecule has 0 unspecified atom stereocenters. The van der Waals surface area contributed by atoms with Crippen LogP contribution in [0.1, 0.15) is 30.4 Å². The number of aromatic nitrogens is 1. The first-order valence-corrected chi connectivity index (χ1v) is 12.4. The lowest BCUT2D eigenvalue weighted by molar-refractivity contribution is -0.146. The Morgan fingerprint density at radius 2 is 2.27 bits per heavy atom. The van der Waals surface area contributed by atoms with Gasteiger partial charge < -0.3 is 9.84 Å². The van der Waals surface area contributed by atoms with Gasteiger partial charge in [0.15, 0.2) is 0 Å². The molecule has 3 aromatic rings. The SMILES string of the molecule is COc1ccc2ncc(Cl)c(CCC[C@H]3CCN(CC#Cc4ccsc4)C[C@H]3C(=O)O)c2c1. The largest absolute Gasteiger partial charge is 0.497 e. The number of likely N-dealkylation sites (tertiary alicyclic amines) is 1. The average molecular weight is 483 g/mol. The van der Waals surface area contributed by atoms with Crippen molar-refractivity contribution in [1.29, 1.82) is 0 Å². The topological polar surface area (TPSA) is 62.7 Å². The van der Waals surface area contributed by atoms with Crippen LogP contribution in [0.25, 0.3) is 10.9 Å². The minimum absolute atomic E-state index is 0.157. The van der Waals surface area contributed by atoms with Crippen molar-refractivity contribution in [2.45, 2.75) is 25.7 Å². The standard InChI is InChI=1S/C26H27ClN2O3S/c1-32-20-7-8-25-22(14-20)21(24(27)15-28-25)6-2-5-19-9-12-29(16-23(19)26(30)31)11-3-4-18-10-13-33-17-18/h7-8,10,13-15,17,19,23H,2,5-6,9,11-12,16H2,1H3,(H,30,31)/t19-,23+/m0/s1. The lowest BCUT2D eigenvalue weighted by Gasteiger charge is -2.35. The van der Waals surface area contributed by atoms with Crippen molar-refractivity contribution in [3.63, 3.8) is 0 Å². The molecule has 1 fully saturated rings. The molecule has 0 spiro atoms. The van der Waals surface area contributed by atoms with E-state index in [-0.39, 0.29) is 11.8 Å². The molecule has 1 aliphatic heterocycles. The van der Waals surface area contributed by atoms with Gasteiger partial charge in [-0.05, 0) is 73.4 Å². The third-order valence-electron chi connectivity index (χ3n) is 6.35. The molecular formula is C26H27ClN2O3S. The molecule has 5 nitrogen and oxygen atoms in total. The van der Waals surface area contributed by atoms with Gasteiger partial charge in [0.2, 0.25) is 0 Å². The number of benzene rings is 1. The van der Waals surface area contributed by atoms with Crippen LogP contribution < -0.4 is 4.74 Å². The zero-order valence-electron chi connectivity index (χ0n) is 18.6. The third-order valence-corrected chi connectivity index (χ3v) is 7.36. The molecule has 2 aromatic heterocycles. The molecule has 3 heterocycles. The van der Waals surface area contributed by atoms with Gasteiger partial charge in [-0.2, -0.15) is 11.3 Å². The second-order valence-corrected chi connectivity index (χ2v) is 9.59. The van der Waals surface area contributed by atoms with Crippen LogP contribution in [0, 0.1) is 23.7 Å². The van der Waals surface area contributed by atoms with Crippen molar-refractivity contribution in [3.05, 3.63) is 57.4 Å². The minimum atomic E-state index is -0.715. The third kappa shape index (κ3) is 5.86. The molecule has 0 radical (unpaired) electrons. The number of hydrogen-bond donors (Lipinski definition) is 1. The monoisotopic (exact) mass is 482 g/mol. The van der Waals surface area contributed by atoms with E-state index in [1.807, 2.05) is 35.0 Å². The molecule has 1 N–H and O–H groups in total. The summed E-state index contributed by atoms with van der Waals surface area (Å²) in [4.78, 5) is 18.6. The Labute approximate surface area is 203 Å². The molecule has 0 amide bonds. The van der Waals surface area contributed by atoms with Gasteiger partial charge in [-0.3, -0.25) is 14.7 Å². The number of fused-ring (bicyclic) bond motifs is 1. The van der Waals surface area contributed by atoms with Gasteiger partial charge in [0.25, 0.3) is 0 Å². The van der Waals surface area contributed by atoms with Crippen LogP contribution in [0.5, 0.6) is 5.75 Å². The Morgan fingerprint density at radius 3 is 3.03 bits per heavy atom. The fraction of sp³-hybridized carbons (Fsp3) is 0.385. The molecule has 2 atom stereocenters. The Bertz CT molecular complexity index is 1170. The minimum Gasteiger partial charge on any atom is -0.497 e. The molecule has 0 bridgehead atoms. The van der Waals surface area contributed by atoms with Crippen molar-refractivity contribution in [2.75, 3.05) is 26.7 Å². The highest BCUT2D eigenvalue weighted by molar-refractivity contribution is 7.08. The van der Waals surface area contributed by atoms with Crippen LogP contribution in [0.4, 0.5) is 0 Å². The number of halogens is 1. The summed E-state index contributed by atoms with van der Waals surface area (Å²) in [6.07, 6.45) is 5.08. The predicted octanol–water partition coefficient (Wildman–Crippen LogP) is 5.36. The van der Waals surface area contributed by atoms with E-state index >= 15 is 0 Å². The molecule has 0 aliphatic carbocycles. The van der Waals surface area contributed by atoms with Crippen molar-refractivity contribution in [1.82, 2.24) is 9.88 Å². The molecule has 1 aromatic carbocycles. The number of nitrogens with zero attached hydrogens (tertiary/aromatic N) is 2. The first-order chi connectivity index (χ1) is 16.0. The molecule has 4 rings (SSSR count). The van der Waals surface area contributed by atoms with E-state index < -0.39 is 5.97 Å². The van der Waals surface area contributed by atoms with E-state index in [0.29, 0.717) is 18.1 Å². The summed E-state index contributed by atoms with van der Waals surface area (Å²) in [5, 5.41) is 15.5. The van der Waals surface area contributed by atoms with Crippen LogP contribution in [-0.2, 0) is 11.2 Å². The maximum Gasteiger partial charge on any atom is 0.308 e. The van der Waals surface area contributed by atoms with E-state index in [4.69, 9.17) is 16.3 Å². The number of carboxylic acid groups (broad SMARTS) is 1. The summed E-state index contributed by atoms with van der Waals surface area (Å²) in [5.41, 5.74) is 2.95. The van der Waals surface area contributed by atoms with E-state index in [0.717, 1.165) is 60.0 Å². The fourth-order valence-corrected chi connectivity index (χ4v) is 5.38. The van der Waals surface area contributed by atoms with Crippen molar-refractivity contribution in [2.24, 2.45) is 11.8 Å². The molecular weight excluding hydrogens is 456 g/mol. The fourth-order valence-electron chi connectivity index (χ4n) is 4.55. The second-order valence-electron chi connectivity index (χ2n) is 8.40. The van der Waals surface area contributed by atoms with Crippen LogP contribution in [-0.4, -0.2) is 47.7 Å². The number of carboxylic acids is 1. The van der Waals surface area contributed by atoms with Gasteiger partial charge in [-0.15, -0.1) is 0 Å². The number of piperidine rings is 1. The Balaban J connectivity index is 1.37. The number of carbonyl (C=O) groups is 1. The first-order valence-electron chi connectivity index (χ1n) is 11.1. The number of rotatable bonds is 7. The quantitative estimate of drug-likeness (QED) is 0.459. The van der Waals surface area contributed by atoms with Crippen molar-refractivity contribution >= 4 is 39.8 Å². The molecule has 1 saturated heterocycles. The Kier molecular flexibility index (Phi) is 7.87. The van der Waals surface area contributed by atoms with E-state index in [1.165, 1.54) is 0 Å². The van der Waals surface area contributed by atoms with Gasteiger partial charge in [0.05, 0.1) is 30.1 Å². The number of hydrogen-bond acceptors (Lipinski definition) is 5. The van der Waals surface area contributed by atoms with Gasteiger partial charge in [0, 0.05) is 29.1 Å². The lowest BCUT2D eigenvalue weighted by atomic mass is 9.81. The normalized spacial score (nSPS) is 18.6. The van der Waals surface area contributed by atoms with Gasteiger partial charge >= 0.3 is 5.97 Å². The van der Waals surface area contributed by atoms with Crippen molar-refractivity contribution in [3.8, 4) is 17.6 Å². The number of methoxy groups -OCH3 is 1. The van der Waals surface area contributed by atoms with Crippen LogP contribution in [0.15, 0.2) is 41.2 Å². The maximum absolute atomic E-state index is 12.0. The molecule has 1 aliphatic rings. The van der Waals surface area contributed by atoms with E-state index in [2.05, 4.69) is 21.7 Å². The molecule has 7 heteroatoms. The van der Waals surface area contributed by atoms with Gasteiger partial charge in [-0.1, -0.05) is 23.4 Å². The number of ether oxygens (including phenoxy) is 1. The summed E-state index contributed by atoms with van der Waals surface area (Å²) in [6, 6.07) is 7.80. The van der Waals surface area contributed by atoms with Crippen LogP contribution in [0.2, 0.25) is 5.02 Å². The Morgan fingerprint density at radius 1 is 1.39 bits per heavy atom. The highest BCUT2D eigenvalue weighted by atomic mass is 35.5. The summed E-state index contributed by atoms with van der Waals surface area (Å²) < 4.78 is 5.37. The zero-order chi connectivity index (χ0) is 23.2. The number of aryl methyl sites for hydroxylation is 1. The smallest absolute Gasteiger partial charge is 0.308 e. The Hall–Kier alpha value is -2.59. The van der Waals surface area contributed by atoms with E-state index in [1.54, 1.807) is 24.6 Å². The summed E-state index contributed by atoms with van der Waals surface area (Å²) in [6.45, 7) is 2.03. The lowest BCUT2D eigenvalue weighted by Crippen LogP contribution is -2.44. The number of aliphatic carboxylic acids is 1. The molecule has 172 valence electrons. The molecule has 0 saturated carbocycles. The van der Waals surface area contributed by atoms with Crippen molar-refractivity contribution < 1.29 is 14.6 Å². The summed E-state index contributed by atoms with van der Waals surface area (Å²) in [5.74, 6) is 6.19. The van der Waals surface area contributed by atoms with Crippen LogP contribution >= 0.6 is 22.9 Å². The van der Waals surface area contributed by atoms with Gasteiger partial charge in [0.1, 0.15) is 5.75 Å². The highest BCUT2D eigenvalue weighted by Crippen LogP contribution is 2.32. The summed E-state index contributed by atoms with van der Waals surface area (Å²) in [7, 11) is 1.64. The second kappa shape index (κ2) is 11.0. The average Bonchev–Trinajstić information content (AvgIpc) is 3.34. The van der Waals surface area contributed by atoms with Gasteiger partial charge in [-0.25, -0.2) is 0 Å². The number of thiophene rings is 1.